The molecule has 0 radical (unpaired) electrons. The lowest BCUT2D eigenvalue weighted by Crippen LogP contribution is -2.36. The van der Waals surface area contributed by atoms with Crippen molar-refractivity contribution in [2.75, 3.05) is 14.1 Å². The van der Waals surface area contributed by atoms with Crippen LogP contribution in [0.15, 0.2) is 18.2 Å². The van der Waals surface area contributed by atoms with Crippen LogP contribution in [0.25, 0.3) is 0 Å². The first kappa shape index (κ1) is 11.9. The largest absolute Gasteiger partial charge is 0.508 e. The summed E-state index contributed by atoms with van der Waals surface area (Å²) in [4.78, 5) is 21.5. The molecule has 7 heteroatoms. The summed E-state index contributed by atoms with van der Waals surface area (Å²) in [7, 11) is 3.15. The van der Waals surface area contributed by atoms with Gasteiger partial charge in [0.1, 0.15) is 11.3 Å². The van der Waals surface area contributed by atoms with Crippen LogP contribution in [0.3, 0.4) is 0 Å². The molecule has 0 spiro atoms. The number of nitrogens with one attached hydrogen (secondary N) is 1. The Hall–Kier alpha value is -2.15. The molecule has 1 aromatic rings. The highest BCUT2D eigenvalue weighted by Crippen LogP contribution is 2.22. The molecule has 0 aliphatic rings. The highest BCUT2D eigenvalue weighted by Gasteiger charge is 2.20. The van der Waals surface area contributed by atoms with Crippen molar-refractivity contribution in [3.05, 3.63) is 33.9 Å². The van der Waals surface area contributed by atoms with E-state index in [4.69, 9.17) is 0 Å². The summed E-state index contributed by atoms with van der Waals surface area (Å²) in [5.41, 5.74) is 1.83. The van der Waals surface area contributed by atoms with Crippen molar-refractivity contribution >= 4 is 11.6 Å². The van der Waals surface area contributed by atoms with Gasteiger partial charge in [-0.2, -0.15) is 0 Å². The van der Waals surface area contributed by atoms with Gasteiger partial charge in [-0.1, -0.05) is 0 Å². The lowest BCUT2D eigenvalue weighted by atomic mass is 10.1. The van der Waals surface area contributed by atoms with Crippen molar-refractivity contribution in [2.45, 2.75) is 0 Å². The van der Waals surface area contributed by atoms with Crippen LogP contribution in [0, 0.1) is 10.1 Å². The zero-order valence-electron chi connectivity index (χ0n) is 8.80. The van der Waals surface area contributed by atoms with E-state index in [-0.39, 0.29) is 17.0 Å². The molecule has 2 N–H and O–H groups in total. The van der Waals surface area contributed by atoms with E-state index in [1.54, 1.807) is 14.1 Å². The number of hydrogen-bond acceptors (Lipinski definition) is 5. The number of hydrogen-bond donors (Lipinski definition) is 2. The number of benzene rings is 1. The normalized spacial score (nSPS) is 10.2. The van der Waals surface area contributed by atoms with E-state index in [9.17, 15) is 20.0 Å². The second kappa shape index (κ2) is 4.58. The van der Waals surface area contributed by atoms with E-state index in [0.29, 0.717) is 0 Å². The van der Waals surface area contributed by atoms with Crippen LogP contribution in [0.2, 0.25) is 0 Å². The van der Waals surface area contributed by atoms with E-state index in [2.05, 4.69) is 5.43 Å². The Morgan fingerprint density at radius 3 is 2.62 bits per heavy atom. The number of nitro groups is 1. The van der Waals surface area contributed by atoms with Crippen molar-refractivity contribution in [1.29, 1.82) is 0 Å². The Morgan fingerprint density at radius 2 is 2.12 bits per heavy atom. The number of nitrogens with zero attached hydrogens (tertiary/aromatic N) is 2. The van der Waals surface area contributed by atoms with Gasteiger partial charge < -0.3 is 5.11 Å². The van der Waals surface area contributed by atoms with Crippen molar-refractivity contribution in [3.8, 4) is 5.75 Å². The Kier molecular flexibility index (Phi) is 3.41. The predicted octanol–water partition coefficient (Wildman–Crippen LogP) is 0.507. The molecule has 0 saturated carbocycles. The molecule has 0 fully saturated rings. The zero-order valence-corrected chi connectivity index (χ0v) is 8.80. The summed E-state index contributed by atoms with van der Waals surface area (Å²) in [5.74, 6) is -0.845. The number of aromatic hydroxyl groups is 1. The van der Waals surface area contributed by atoms with Gasteiger partial charge in [0.25, 0.3) is 11.6 Å². The summed E-state index contributed by atoms with van der Waals surface area (Å²) in [6.07, 6.45) is 0. The minimum absolute atomic E-state index is 0.182. The van der Waals surface area contributed by atoms with Gasteiger partial charge in [0.2, 0.25) is 0 Å². The molecule has 1 amide bonds. The quantitative estimate of drug-likeness (QED) is 0.577. The maximum Gasteiger partial charge on any atom is 0.282 e. The molecule has 86 valence electrons. The first-order chi connectivity index (χ1) is 7.41. The smallest absolute Gasteiger partial charge is 0.282 e. The van der Waals surface area contributed by atoms with Crippen molar-refractivity contribution in [3.63, 3.8) is 0 Å². The third-order valence-electron chi connectivity index (χ3n) is 1.75. The highest BCUT2D eigenvalue weighted by atomic mass is 16.6. The van der Waals surface area contributed by atoms with Crippen LogP contribution in [0.5, 0.6) is 5.75 Å². The standard InChI is InChI=1S/C9H11N3O4/c1-11(2)10-9(14)7-5-6(13)3-4-8(7)12(15)16/h3-5,13H,1-2H3,(H,10,14). The molecule has 0 bridgehead atoms. The summed E-state index contributed by atoms with van der Waals surface area (Å²) >= 11 is 0. The Balaban J connectivity index is 3.14. The van der Waals surface area contributed by atoms with Crippen LogP contribution >= 0.6 is 0 Å². The van der Waals surface area contributed by atoms with Crippen LogP contribution in [-0.4, -0.2) is 35.0 Å². The topological polar surface area (TPSA) is 95.7 Å². The van der Waals surface area contributed by atoms with E-state index in [1.165, 1.54) is 5.01 Å². The van der Waals surface area contributed by atoms with E-state index in [0.717, 1.165) is 18.2 Å². The van der Waals surface area contributed by atoms with Crippen LogP contribution in [-0.2, 0) is 0 Å². The molecule has 0 aliphatic heterocycles. The molecule has 0 aromatic heterocycles. The lowest BCUT2D eigenvalue weighted by Gasteiger charge is -2.11. The van der Waals surface area contributed by atoms with Gasteiger partial charge in [-0.3, -0.25) is 20.3 Å². The average Bonchev–Trinajstić information content (AvgIpc) is 2.15. The highest BCUT2D eigenvalue weighted by molar-refractivity contribution is 5.98. The Bertz CT molecular complexity index is 431. The van der Waals surface area contributed by atoms with Gasteiger partial charge in [-0.05, 0) is 12.1 Å². The molecule has 0 saturated heterocycles. The average molecular weight is 225 g/mol. The third kappa shape index (κ3) is 2.67. The fourth-order valence-electron chi connectivity index (χ4n) is 1.13. The molecule has 0 unspecified atom stereocenters. The fourth-order valence-corrected chi connectivity index (χ4v) is 1.13. The SMILES string of the molecule is CN(C)NC(=O)c1cc(O)ccc1[N+](=O)[O-]. The van der Waals surface area contributed by atoms with E-state index in [1.807, 2.05) is 0 Å². The molecule has 0 heterocycles. The van der Waals surface area contributed by atoms with Crippen molar-refractivity contribution in [1.82, 2.24) is 10.4 Å². The second-order valence-electron chi connectivity index (χ2n) is 3.29. The molecular formula is C9H11N3O4. The Labute approximate surface area is 91.4 Å². The maximum atomic E-state index is 11.6. The van der Waals surface area contributed by atoms with Crippen molar-refractivity contribution in [2.24, 2.45) is 0 Å². The van der Waals surface area contributed by atoms with Gasteiger partial charge in [0.15, 0.2) is 0 Å². The molecule has 1 rings (SSSR count). The van der Waals surface area contributed by atoms with Gasteiger partial charge in [0, 0.05) is 20.2 Å². The molecule has 1 aromatic carbocycles. The summed E-state index contributed by atoms with van der Waals surface area (Å²) in [5, 5.41) is 21.2. The number of rotatable bonds is 3. The molecule has 7 nitrogen and oxygen atoms in total. The summed E-state index contributed by atoms with van der Waals surface area (Å²) in [6, 6.07) is 3.29. The van der Waals surface area contributed by atoms with E-state index < -0.39 is 10.8 Å². The van der Waals surface area contributed by atoms with Crippen LogP contribution in [0.4, 0.5) is 5.69 Å². The van der Waals surface area contributed by atoms with Crippen LogP contribution in [0.1, 0.15) is 10.4 Å². The Morgan fingerprint density at radius 1 is 1.50 bits per heavy atom. The molecule has 0 aliphatic carbocycles. The van der Waals surface area contributed by atoms with Crippen LogP contribution < -0.4 is 5.43 Å². The number of carbonyl (C=O) groups excluding carboxylic acids is 1. The molecule has 16 heavy (non-hydrogen) atoms. The first-order valence-electron chi connectivity index (χ1n) is 4.37. The fraction of sp³-hybridized carbons (Fsp3) is 0.222. The first-order valence-corrected chi connectivity index (χ1v) is 4.37. The summed E-state index contributed by atoms with van der Waals surface area (Å²) < 4.78 is 0. The monoisotopic (exact) mass is 225 g/mol. The number of hydrazine groups is 1. The van der Waals surface area contributed by atoms with Crippen molar-refractivity contribution < 1.29 is 14.8 Å². The minimum Gasteiger partial charge on any atom is -0.508 e. The molecular weight excluding hydrogens is 214 g/mol. The number of phenolic OH excluding ortho intramolecular Hbond substituents is 1. The van der Waals surface area contributed by atoms with Gasteiger partial charge in [-0.15, -0.1) is 0 Å². The van der Waals surface area contributed by atoms with E-state index >= 15 is 0 Å². The minimum atomic E-state index is -0.677. The predicted molar refractivity (Wildman–Crippen MR) is 55.9 cm³/mol. The number of nitro benzene ring substituents is 1. The van der Waals surface area contributed by atoms with Gasteiger partial charge in [0.05, 0.1) is 4.92 Å². The lowest BCUT2D eigenvalue weighted by molar-refractivity contribution is -0.385. The third-order valence-corrected chi connectivity index (χ3v) is 1.75. The maximum absolute atomic E-state index is 11.6. The number of amides is 1. The number of phenols is 1. The van der Waals surface area contributed by atoms with Gasteiger partial charge >= 0.3 is 0 Å². The zero-order chi connectivity index (χ0) is 12.3. The summed E-state index contributed by atoms with van der Waals surface area (Å²) in [6.45, 7) is 0. The second-order valence-corrected chi connectivity index (χ2v) is 3.29. The van der Waals surface area contributed by atoms with Gasteiger partial charge in [-0.25, -0.2) is 5.01 Å². The molecule has 0 atom stereocenters. The number of carbonyl (C=O) groups is 1.